The topological polar surface area (TPSA) is 90.0 Å². The molecule has 0 bridgehead atoms. The van der Waals surface area contributed by atoms with Gasteiger partial charge in [-0.2, -0.15) is 13.9 Å². The van der Waals surface area contributed by atoms with Crippen LogP contribution in [0.2, 0.25) is 0 Å². The third-order valence-corrected chi connectivity index (χ3v) is 4.32. The van der Waals surface area contributed by atoms with Crippen LogP contribution >= 0.6 is 11.6 Å². The highest BCUT2D eigenvalue weighted by atomic mass is 35.5. The smallest absolute Gasteiger partial charge is 0.288 e. The lowest BCUT2D eigenvalue weighted by Gasteiger charge is -2.10. The van der Waals surface area contributed by atoms with Crippen LogP contribution in [-0.4, -0.2) is 35.3 Å². The minimum Gasteiger partial charge on any atom is -0.288 e. The van der Waals surface area contributed by atoms with Gasteiger partial charge in [0, 0.05) is 17.3 Å². The number of alkyl halides is 3. The number of nitrogens with zero attached hydrogens (tertiary/aromatic N) is 6. The van der Waals surface area contributed by atoms with E-state index in [-0.39, 0.29) is 23.8 Å². The SMILES string of the molecule is Cc1cc(C(F)(F)Cl)n2nc(C(=O)Nc3ncn(Cc4ccccc4F)n3)cc2n1. The molecule has 154 valence electrons. The van der Waals surface area contributed by atoms with Gasteiger partial charge in [0.1, 0.15) is 17.8 Å². The number of aromatic nitrogens is 6. The van der Waals surface area contributed by atoms with Crippen molar-refractivity contribution in [3.05, 3.63) is 71.2 Å². The zero-order valence-electron chi connectivity index (χ0n) is 15.4. The number of nitrogens with one attached hydrogen (secondary N) is 1. The number of hydrogen-bond donors (Lipinski definition) is 1. The number of anilines is 1. The Kier molecular flexibility index (Phi) is 4.90. The van der Waals surface area contributed by atoms with Gasteiger partial charge in [-0.1, -0.05) is 18.2 Å². The van der Waals surface area contributed by atoms with E-state index in [1.165, 1.54) is 30.1 Å². The van der Waals surface area contributed by atoms with E-state index < -0.39 is 22.8 Å². The van der Waals surface area contributed by atoms with E-state index in [1.807, 2.05) is 0 Å². The summed E-state index contributed by atoms with van der Waals surface area (Å²) in [4.78, 5) is 20.5. The summed E-state index contributed by atoms with van der Waals surface area (Å²) in [5.74, 6) is -1.18. The van der Waals surface area contributed by atoms with Gasteiger partial charge in [-0.15, -0.1) is 5.10 Å². The van der Waals surface area contributed by atoms with Crippen molar-refractivity contribution in [2.75, 3.05) is 5.32 Å². The minimum atomic E-state index is -3.70. The molecule has 30 heavy (non-hydrogen) atoms. The lowest BCUT2D eigenvalue weighted by Crippen LogP contribution is -2.16. The van der Waals surface area contributed by atoms with Gasteiger partial charge in [0.15, 0.2) is 11.3 Å². The quantitative estimate of drug-likeness (QED) is 0.485. The second-order valence-electron chi connectivity index (χ2n) is 6.39. The lowest BCUT2D eigenvalue weighted by molar-refractivity contribution is 0.0868. The van der Waals surface area contributed by atoms with Crippen LogP contribution in [0.5, 0.6) is 0 Å². The molecule has 1 amide bonds. The van der Waals surface area contributed by atoms with Crippen molar-refractivity contribution in [2.24, 2.45) is 0 Å². The molecule has 0 unspecified atom stereocenters. The normalized spacial score (nSPS) is 11.8. The predicted octanol–water partition coefficient (Wildman–Crippen LogP) is 3.36. The molecule has 4 rings (SSSR count). The van der Waals surface area contributed by atoms with Gasteiger partial charge < -0.3 is 0 Å². The van der Waals surface area contributed by atoms with E-state index in [4.69, 9.17) is 11.6 Å². The number of hydrogen-bond acceptors (Lipinski definition) is 5. The first-order chi connectivity index (χ1) is 14.2. The fourth-order valence-corrected chi connectivity index (χ4v) is 2.94. The molecule has 1 aromatic carbocycles. The molecule has 8 nitrogen and oxygen atoms in total. The summed E-state index contributed by atoms with van der Waals surface area (Å²) in [5.41, 5.74) is -0.0675. The highest BCUT2D eigenvalue weighted by Gasteiger charge is 2.32. The predicted molar refractivity (Wildman–Crippen MR) is 101 cm³/mol. The Bertz CT molecular complexity index is 1250. The summed E-state index contributed by atoms with van der Waals surface area (Å²) in [6, 6.07) is 8.52. The third-order valence-electron chi connectivity index (χ3n) is 4.13. The first-order valence-electron chi connectivity index (χ1n) is 8.59. The molecule has 0 fully saturated rings. The first-order valence-corrected chi connectivity index (χ1v) is 8.97. The molecule has 0 atom stereocenters. The van der Waals surface area contributed by atoms with E-state index in [9.17, 15) is 18.0 Å². The Balaban J connectivity index is 1.55. The highest BCUT2D eigenvalue weighted by Crippen LogP contribution is 2.32. The van der Waals surface area contributed by atoms with E-state index >= 15 is 0 Å². The molecule has 4 aromatic rings. The van der Waals surface area contributed by atoms with Gasteiger partial charge in [-0.3, -0.25) is 10.1 Å². The van der Waals surface area contributed by atoms with Gasteiger partial charge >= 0.3 is 5.38 Å². The molecule has 3 aromatic heterocycles. The van der Waals surface area contributed by atoms with Gasteiger partial charge in [0.05, 0.1) is 6.54 Å². The van der Waals surface area contributed by atoms with Crippen LogP contribution in [0, 0.1) is 12.7 Å². The van der Waals surface area contributed by atoms with Crippen molar-refractivity contribution in [1.82, 2.24) is 29.4 Å². The van der Waals surface area contributed by atoms with Crippen LogP contribution < -0.4 is 5.32 Å². The molecule has 0 saturated carbocycles. The summed E-state index contributed by atoms with van der Waals surface area (Å²) in [7, 11) is 0. The lowest BCUT2D eigenvalue weighted by atomic mass is 10.2. The van der Waals surface area contributed by atoms with Crippen molar-refractivity contribution in [1.29, 1.82) is 0 Å². The van der Waals surface area contributed by atoms with Crippen molar-refractivity contribution in [2.45, 2.75) is 18.9 Å². The maximum absolute atomic E-state index is 13.7. The van der Waals surface area contributed by atoms with Crippen LogP contribution in [0.4, 0.5) is 19.1 Å². The zero-order chi connectivity index (χ0) is 21.5. The molecule has 0 aliphatic carbocycles. The van der Waals surface area contributed by atoms with Gasteiger partial charge in [0.25, 0.3) is 5.91 Å². The molecule has 0 saturated heterocycles. The van der Waals surface area contributed by atoms with Crippen LogP contribution in [0.3, 0.4) is 0 Å². The van der Waals surface area contributed by atoms with Crippen molar-refractivity contribution in [3.8, 4) is 0 Å². The number of fused-ring (bicyclic) bond motifs is 1. The molecule has 12 heteroatoms. The summed E-state index contributed by atoms with van der Waals surface area (Å²) in [6.45, 7) is 1.63. The number of rotatable bonds is 5. The van der Waals surface area contributed by atoms with E-state index in [0.29, 0.717) is 11.3 Å². The van der Waals surface area contributed by atoms with Gasteiger partial charge in [-0.25, -0.2) is 23.6 Å². The maximum Gasteiger partial charge on any atom is 0.364 e. The van der Waals surface area contributed by atoms with E-state index in [2.05, 4.69) is 25.5 Å². The molecular weight excluding hydrogens is 423 g/mol. The number of amides is 1. The fraction of sp³-hybridized carbons (Fsp3) is 0.167. The van der Waals surface area contributed by atoms with Crippen LogP contribution in [0.15, 0.2) is 42.7 Å². The second-order valence-corrected chi connectivity index (χ2v) is 6.87. The Morgan fingerprint density at radius 2 is 2.00 bits per heavy atom. The number of carbonyl (C=O) groups is 1. The molecule has 0 spiro atoms. The molecule has 0 aliphatic rings. The van der Waals surface area contributed by atoms with Crippen LogP contribution in [-0.2, 0) is 11.9 Å². The average molecular weight is 436 g/mol. The Hall–Kier alpha value is -3.47. The summed E-state index contributed by atoms with van der Waals surface area (Å²) in [5, 5.41) is 6.64. The number of aryl methyl sites for hydroxylation is 1. The third kappa shape index (κ3) is 3.96. The molecule has 1 N–H and O–H groups in total. The van der Waals surface area contributed by atoms with Crippen molar-refractivity contribution >= 4 is 29.1 Å². The standard InChI is InChI=1S/C18H13ClF3N7O/c1-10-6-14(18(19,21)22)29-15(24-10)7-13(26-29)16(30)25-17-23-9-28(27-17)8-11-4-2-3-5-12(11)20/h2-7,9H,8H2,1H3,(H,25,27,30). The summed E-state index contributed by atoms with van der Waals surface area (Å²) < 4.78 is 43.2. The Morgan fingerprint density at radius 1 is 1.23 bits per heavy atom. The Morgan fingerprint density at radius 3 is 2.73 bits per heavy atom. The Labute approximate surface area is 172 Å². The van der Waals surface area contributed by atoms with Crippen LogP contribution in [0.1, 0.15) is 27.4 Å². The van der Waals surface area contributed by atoms with Gasteiger partial charge in [-0.05, 0) is 30.7 Å². The molecule has 0 aliphatic heterocycles. The van der Waals surface area contributed by atoms with E-state index in [1.54, 1.807) is 18.2 Å². The highest BCUT2D eigenvalue weighted by molar-refractivity contribution is 6.21. The maximum atomic E-state index is 13.7. The first kappa shape index (κ1) is 19.8. The zero-order valence-corrected chi connectivity index (χ0v) is 16.1. The van der Waals surface area contributed by atoms with E-state index in [0.717, 1.165) is 10.6 Å². The fourth-order valence-electron chi connectivity index (χ4n) is 2.81. The average Bonchev–Trinajstić information content (AvgIpc) is 3.28. The second kappa shape index (κ2) is 7.41. The van der Waals surface area contributed by atoms with Crippen molar-refractivity contribution in [3.63, 3.8) is 0 Å². The minimum absolute atomic E-state index is 0.0357. The monoisotopic (exact) mass is 435 g/mol. The number of carbonyl (C=O) groups excluding carboxylic acids is 1. The molecule has 3 heterocycles. The molecular formula is C18H13ClF3N7O. The van der Waals surface area contributed by atoms with Crippen molar-refractivity contribution < 1.29 is 18.0 Å². The number of halogens is 4. The number of benzene rings is 1. The van der Waals surface area contributed by atoms with Gasteiger partial charge in [0.2, 0.25) is 5.95 Å². The largest absolute Gasteiger partial charge is 0.364 e. The summed E-state index contributed by atoms with van der Waals surface area (Å²) in [6.07, 6.45) is 1.32. The summed E-state index contributed by atoms with van der Waals surface area (Å²) >= 11 is 5.14. The van der Waals surface area contributed by atoms with Crippen LogP contribution in [0.25, 0.3) is 5.65 Å². The molecule has 0 radical (unpaired) electrons.